The smallest absolute Gasteiger partial charge is 0.345 e. The van der Waals surface area contributed by atoms with E-state index in [4.69, 9.17) is 14.2 Å². The average molecular weight is 401 g/mol. The quantitative estimate of drug-likeness (QED) is 0.276. The van der Waals surface area contributed by atoms with Crippen LogP contribution in [0.25, 0.3) is 0 Å². The molecule has 1 aromatic rings. The standard InChI is InChI=1S/C25H36O4/c1-6-8-9-12-19-15-20(27-16(3)4)22(18-13-10-11-17(5)14-18)24-23(19)25(26)29-21(7-2)28-24/h14-16,18,21H,6-13H2,1-5H3/t18-,21?/m0/s1. The molecule has 1 unspecified atom stereocenters. The average Bonchev–Trinajstić information content (AvgIpc) is 2.67. The molecule has 0 radical (unpaired) electrons. The molecule has 0 bridgehead atoms. The van der Waals surface area contributed by atoms with E-state index < -0.39 is 6.29 Å². The van der Waals surface area contributed by atoms with E-state index in [1.807, 2.05) is 20.8 Å². The van der Waals surface area contributed by atoms with Crippen molar-refractivity contribution in [3.8, 4) is 11.5 Å². The van der Waals surface area contributed by atoms with Crippen molar-refractivity contribution in [3.05, 3.63) is 34.4 Å². The minimum absolute atomic E-state index is 0.0569. The van der Waals surface area contributed by atoms with Crippen LogP contribution in [0.15, 0.2) is 17.7 Å². The highest BCUT2D eigenvalue weighted by Gasteiger charge is 2.36. The summed E-state index contributed by atoms with van der Waals surface area (Å²) in [5.41, 5.74) is 4.03. The molecule has 1 aromatic carbocycles. The number of hydrogen-bond acceptors (Lipinski definition) is 4. The van der Waals surface area contributed by atoms with Gasteiger partial charge in [0.15, 0.2) is 0 Å². The van der Waals surface area contributed by atoms with Gasteiger partial charge in [-0.2, -0.15) is 0 Å². The molecule has 1 aliphatic carbocycles. The van der Waals surface area contributed by atoms with E-state index in [1.54, 1.807) is 0 Å². The molecule has 2 atom stereocenters. The highest BCUT2D eigenvalue weighted by Crippen LogP contribution is 2.47. The van der Waals surface area contributed by atoms with Crippen LogP contribution < -0.4 is 9.47 Å². The summed E-state index contributed by atoms with van der Waals surface area (Å²) >= 11 is 0. The Morgan fingerprint density at radius 3 is 2.66 bits per heavy atom. The zero-order valence-corrected chi connectivity index (χ0v) is 18.7. The summed E-state index contributed by atoms with van der Waals surface area (Å²) in [5, 5.41) is 0. The molecule has 1 heterocycles. The van der Waals surface area contributed by atoms with E-state index in [2.05, 4.69) is 26.0 Å². The Morgan fingerprint density at radius 1 is 1.21 bits per heavy atom. The third-order valence-corrected chi connectivity index (χ3v) is 5.74. The number of benzene rings is 1. The fourth-order valence-electron chi connectivity index (χ4n) is 4.35. The largest absolute Gasteiger partial charge is 0.491 e. The van der Waals surface area contributed by atoms with Gasteiger partial charge in [-0.1, -0.05) is 38.3 Å². The van der Waals surface area contributed by atoms with E-state index in [0.717, 1.165) is 61.8 Å². The normalized spacial score (nSPS) is 21.3. The molecule has 2 aliphatic rings. The number of allylic oxidation sites excluding steroid dienone is 2. The number of unbranched alkanes of at least 4 members (excludes halogenated alkanes) is 2. The van der Waals surface area contributed by atoms with Crippen molar-refractivity contribution in [1.29, 1.82) is 0 Å². The highest BCUT2D eigenvalue weighted by molar-refractivity contribution is 5.96. The second-order valence-electron chi connectivity index (χ2n) is 8.65. The topological polar surface area (TPSA) is 44.8 Å². The molecule has 0 saturated heterocycles. The van der Waals surface area contributed by atoms with Crippen molar-refractivity contribution in [2.75, 3.05) is 0 Å². The Balaban J connectivity index is 2.17. The zero-order chi connectivity index (χ0) is 21.0. The van der Waals surface area contributed by atoms with Gasteiger partial charge in [0.2, 0.25) is 6.29 Å². The summed E-state index contributed by atoms with van der Waals surface area (Å²) in [7, 11) is 0. The van der Waals surface area contributed by atoms with Gasteiger partial charge < -0.3 is 14.2 Å². The monoisotopic (exact) mass is 400 g/mol. The van der Waals surface area contributed by atoms with E-state index in [9.17, 15) is 4.79 Å². The van der Waals surface area contributed by atoms with Crippen molar-refractivity contribution in [2.24, 2.45) is 0 Å². The van der Waals surface area contributed by atoms with Crippen LogP contribution in [0.3, 0.4) is 0 Å². The molecule has 0 spiro atoms. The molecule has 0 aromatic heterocycles. The minimum atomic E-state index is -0.528. The summed E-state index contributed by atoms with van der Waals surface area (Å²) in [6, 6.07) is 2.08. The number of esters is 1. The first-order valence-electron chi connectivity index (χ1n) is 11.4. The van der Waals surface area contributed by atoms with E-state index in [-0.39, 0.29) is 18.0 Å². The lowest BCUT2D eigenvalue weighted by atomic mass is 9.83. The Labute approximate surface area is 175 Å². The maximum Gasteiger partial charge on any atom is 0.345 e. The Bertz CT molecular complexity index is 763. The fourth-order valence-corrected chi connectivity index (χ4v) is 4.35. The first-order valence-corrected chi connectivity index (χ1v) is 11.4. The van der Waals surface area contributed by atoms with Crippen LogP contribution in [0.1, 0.15) is 107 Å². The number of cyclic esters (lactones) is 1. The van der Waals surface area contributed by atoms with Crippen LogP contribution in [-0.2, 0) is 11.2 Å². The van der Waals surface area contributed by atoms with Gasteiger partial charge in [-0.05, 0) is 64.5 Å². The molecule has 29 heavy (non-hydrogen) atoms. The number of carbonyl (C=O) groups excluding carboxylic acids is 1. The van der Waals surface area contributed by atoms with Crippen LogP contribution >= 0.6 is 0 Å². The zero-order valence-electron chi connectivity index (χ0n) is 18.7. The minimum Gasteiger partial charge on any atom is -0.491 e. The third kappa shape index (κ3) is 4.96. The maximum atomic E-state index is 13.0. The lowest BCUT2D eigenvalue weighted by Gasteiger charge is -2.32. The number of ether oxygens (including phenoxy) is 3. The first kappa shape index (κ1) is 21.7. The Morgan fingerprint density at radius 2 is 2.00 bits per heavy atom. The van der Waals surface area contributed by atoms with Gasteiger partial charge in [0.05, 0.1) is 6.10 Å². The molecule has 1 aliphatic heterocycles. The third-order valence-electron chi connectivity index (χ3n) is 5.74. The number of hydrogen-bond donors (Lipinski definition) is 0. The Hall–Kier alpha value is -1.97. The predicted molar refractivity (Wildman–Crippen MR) is 116 cm³/mol. The lowest BCUT2D eigenvalue weighted by Crippen LogP contribution is -2.31. The van der Waals surface area contributed by atoms with Crippen molar-refractivity contribution < 1.29 is 19.0 Å². The maximum absolute atomic E-state index is 13.0. The SMILES string of the molecule is CCCCCc1cc(OC(C)C)c([C@@H]2C=C(C)CCC2)c2c1C(=O)OC(CC)O2. The summed E-state index contributed by atoms with van der Waals surface area (Å²) < 4.78 is 18.2. The van der Waals surface area contributed by atoms with Gasteiger partial charge >= 0.3 is 5.97 Å². The molecular formula is C25H36O4. The van der Waals surface area contributed by atoms with Gasteiger partial charge in [0.25, 0.3) is 0 Å². The second kappa shape index (κ2) is 9.69. The molecule has 4 nitrogen and oxygen atoms in total. The van der Waals surface area contributed by atoms with Gasteiger partial charge in [-0.15, -0.1) is 0 Å². The van der Waals surface area contributed by atoms with Gasteiger partial charge in [-0.3, -0.25) is 0 Å². The Kier molecular flexibility index (Phi) is 7.26. The first-order chi connectivity index (χ1) is 13.9. The predicted octanol–water partition coefficient (Wildman–Crippen LogP) is 6.71. The fraction of sp³-hybridized carbons (Fsp3) is 0.640. The number of aryl methyl sites for hydroxylation is 1. The van der Waals surface area contributed by atoms with Gasteiger partial charge in [0, 0.05) is 17.9 Å². The van der Waals surface area contributed by atoms with Crippen molar-refractivity contribution in [3.63, 3.8) is 0 Å². The molecular weight excluding hydrogens is 364 g/mol. The number of rotatable bonds is 8. The van der Waals surface area contributed by atoms with Crippen molar-refractivity contribution >= 4 is 5.97 Å². The van der Waals surface area contributed by atoms with Gasteiger partial charge in [0.1, 0.15) is 17.1 Å². The summed E-state index contributed by atoms with van der Waals surface area (Å²) in [4.78, 5) is 13.0. The van der Waals surface area contributed by atoms with Crippen LogP contribution in [0.5, 0.6) is 11.5 Å². The van der Waals surface area contributed by atoms with E-state index in [0.29, 0.717) is 17.7 Å². The lowest BCUT2D eigenvalue weighted by molar-refractivity contribution is -0.0621. The van der Waals surface area contributed by atoms with Crippen molar-refractivity contribution in [2.45, 2.75) is 104 Å². The number of fused-ring (bicyclic) bond motifs is 1. The highest BCUT2D eigenvalue weighted by atomic mass is 16.7. The summed E-state index contributed by atoms with van der Waals surface area (Å²) in [6.07, 6.45) is 9.95. The molecule has 0 saturated carbocycles. The second-order valence-corrected chi connectivity index (χ2v) is 8.65. The van der Waals surface area contributed by atoms with Crippen LogP contribution in [-0.4, -0.2) is 18.4 Å². The van der Waals surface area contributed by atoms with Crippen molar-refractivity contribution in [1.82, 2.24) is 0 Å². The molecule has 0 fully saturated rings. The summed E-state index contributed by atoms with van der Waals surface area (Å²) in [5.74, 6) is 1.53. The van der Waals surface area contributed by atoms with Crippen LogP contribution in [0, 0.1) is 0 Å². The van der Waals surface area contributed by atoms with E-state index >= 15 is 0 Å². The molecule has 0 amide bonds. The van der Waals surface area contributed by atoms with E-state index in [1.165, 1.54) is 5.57 Å². The number of carbonyl (C=O) groups is 1. The van der Waals surface area contributed by atoms with Gasteiger partial charge in [-0.25, -0.2) is 4.79 Å². The molecule has 160 valence electrons. The van der Waals surface area contributed by atoms with Crippen LogP contribution in [0.4, 0.5) is 0 Å². The summed E-state index contributed by atoms with van der Waals surface area (Å²) in [6.45, 7) is 10.4. The van der Waals surface area contributed by atoms with Crippen LogP contribution in [0.2, 0.25) is 0 Å². The molecule has 4 heteroatoms. The molecule has 3 rings (SSSR count). The molecule has 0 N–H and O–H groups in total.